The number of benzene rings is 1. The van der Waals surface area contributed by atoms with Crippen molar-refractivity contribution >= 4 is 35.5 Å². The van der Waals surface area contributed by atoms with Crippen molar-refractivity contribution < 1.29 is 52.6 Å². The van der Waals surface area contributed by atoms with Gasteiger partial charge >= 0.3 is 23.9 Å². The molecule has 17 nitrogen and oxygen atoms in total. The maximum absolute atomic E-state index is 12.9. The quantitative estimate of drug-likeness (QED) is 0.161. The summed E-state index contributed by atoms with van der Waals surface area (Å²) in [4.78, 5) is 70.8. The van der Waals surface area contributed by atoms with Crippen LogP contribution in [0.25, 0.3) is 5.69 Å². The SMILES string of the molecule is CC(=O)OC[C@H]1O[C@@H](NC(=O)CCc2cn(-c3ccccc3[N+](=O)[O-])nn2)[C@H](OC(C)=O)[C@@H](OC(C)=O)[C@@H]1OC(C)=O. The number of hydrogen-bond donors (Lipinski definition) is 1. The predicted octanol–water partition coefficient (Wildman–Crippen LogP) is 0.307. The molecule has 5 atom stereocenters. The Morgan fingerprint density at radius 1 is 0.952 bits per heavy atom. The van der Waals surface area contributed by atoms with Crippen LogP contribution in [0.4, 0.5) is 5.69 Å². The first-order valence-corrected chi connectivity index (χ1v) is 12.6. The number of rotatable bonds is 11. The normalized spacial score (nSPS) is 21.5. The standard InChI is InChI=1S/C25H29N5O12/c1-13(31)38-12-20-22(39-14(2)32)23(40-15(3)33)24(41-16(4)34)25(42-20)26-21(35)10-9-17-11-29(28-27-17)18-7-5-6-8-19(18)30(36)37/h5-8,11,20,22-25H,9-10,12H2,1-4H3,(H,26,35)/t20-,22-,23+,24-,25-/m1/s1. The van der Waals surface area contributed by atoms with Crippen molar-refractivity contribution in [1.29, 1.82) is 0 Å². The fraction of sp³-hybridized carbons (Fsp3) is 0.480. The molecule has 1 amide bonds. The Morgan fingerprint density at radius 2 is 1.57 bits per heavy atom. The molecule has 1 aliphatic heterocycles. The minimum absolute atomic E-state index is 0.0533. The van der Waals surface area contributed by atoms with Gasteiger partial charge in [-0.1, -0.05) is 17.3 Å². The number of esters is 4. The third kappa shape index (κ3) is 8.53. The van der Waals surface area contributed by atoms with Gasteiger partial charge in [0.05, 0.1) is 16.8 Å². The van der Waals surface area contributed by atoms with E-state index in [1.54, 1.807) is 6.07 Å². The fourth-order valence-corrected chi connectivity index (χ4v) is 4.16. The number of nitrogens with one attached hydrogen (secondary N) is 1. The van der Waals surface area contributed by atoms with E-state index in [1.165, 1.54) is 29.1 Å². The van der Waals surface area contributed by atoms with E-state index >= 15 is 0 Å². The summed E-state index contributed by atoms with van der Waals surface area (Å²) in [5.41, 5.74) is 0.336. The lowest BCUT2D eigenvalue weighted by Gasteiger charge is -2.44. The van der Waals surface area contributed by atoms with Gasteiger partial charge in [0.2, 0.25) is 5.91 Å². The summed E-state index contributed by atoms with van der Waals surface area (Å²) in [7, 11) is 0. The first-order valence-electron chi connectivity index (χ1n) is 12.6. The number of hydrogen-bond acceptors (Lipinski definition) is 14. The maximum Gasteiger partial charge on any atom is 0.303 e. The Morgan fingerprint density at radius 3 is 2.19 bits per heavy atom. The van der Waals surface area contributed by atoms with Gasteiger partial charge < -0.3 is 29.0 Å². The number of ether oxygens (including phenoxy) is 5. The fourth-order valence-electron chi connectivity index (χ4n) is 4.16. The van der Waals surface area contributed by atoms with Gasteiger partial charge in [-0.15, -0.1) is 5.10 Å². The first-order chi connectivity index (χ1) is 19.8. The minimum Gasteiger partial charge on any atom is -0.463 e. The second kappa shape index (κ2) is 14.1. The molecule has 0 aliphatic carbocycles. The van der Waals surface area contributed by atoms with Crippen LogP contribution < -0.4 is 5.32 Å². The summed E-state index contributed by atoms with van der Waals surface area (Å²) in [5.74, 6) is -3.70. The lowest BCUT2D eigenvalue weighted by Crippen LogP contribution is -2.66. The first kappa shape index (κ1) is 31.6. The lowest BCUT2D eigenvalue weighted by molar-refractivity contribution is -0.384. The molecule has 1 aromatic heterocycles. The Hall–Kier alpha value is -4.93. The van der Waals surface area contributed by atoms with Crippen molar-refractivity contribution in [2.24, 2.45) is 0 Å². The number of nitro benzene ring substituents is 1. The number of aryl methyl sites for hydroxylation is 1. The highest BCUT2D eigenvalue weighted by atomic mass is 16.7. The lowest BCUT2D eigenvalue weighted by atomic mass is 9.97. The summed E-state index contributed by atoms with van der Waals surface area (Å²) in [6.45, 7) is 3.95. The molecule has 1 fully saturated rings. The van der Waals surface area contributed by atoms with Crippen LogP contribution in [0.1, 0.15) is 39.8 Å². The van der Waals surface area contributed by atoms with E-state index in [1.807, 2.05) is 0 Å². The van der Waals surface area contributed by atoms with E-state index < -0.39 is 72.0 Å². The number of carbonyl (C=O) groups is 5. The molecule has 17 heteroatoms. The maximum atomic E-state index is 12.9. The van der Waals surface area contributed by atoms with Crippen LogP contribution in [0, 0.1) is 10.1 Å². The third-order valence-corrected chi connectivity index (χ3v) is 5.77. The molecule has 1 saturated heterocycles. The van der Waals surface area contributed by atoms with Crippen molar-refractivity contribution in [3.8, 4) is 5.69 Å². The van der Waals surface area contributed by atoms with Gasteiger partial charge in [0.1, 0.15) is 18.4 Å². The zero-order valence-electron chi connectivity index (χ0n) is 23.1. The van der Waals surface area contributed by atoms with Crippen LogP contribution in [-0.2, 0) is 54.1 Å². The van der Waals surface area contributed by atoms with Gasteiger partial charge in [-0.2, -0.15) is 0 Å². The van der Waals surface area contributed by atoms with Gasteiger partial charge in [-0.25, -0.2) is 4.68 Å². The summed E-state index contributed by atoms with van der Waals surface area (Å²) < 4.78 is 28.0. The van der Waals surface area contributed by atoms with Gasteiger partial charge in [-0.3, -0.25) is 34.1 Å². The Balaban J connectivity index is 1.79. The predicted molar refractivity (Wildman–Crippen MR) is 136 cm³/mol. The van der Waals surface area contributed by atoms with Crippen LogP contribution in [0.3, 0.4) is 0 Å². The molecule has 1 aromatic carbocycles. The third-order valence-electron chi connectivity index (χ3n) is 5.77. The molecule has 1 aliphatic rings. The van der Waals surface area contributed by atoms with E-state index in [-0.39, 0.29) is 24.2 Å². The van der Waals surface area contributed by atoms with Gasteiger partial charge in [-0.05, 0) is 6.07 Å². The highest BCUT2D eigenvalue weighted by Gasteiger charge is 2.52. The Bertz CT molecular complexity index is 1340. The average Bonchev–Trinajstić information content (AvgIpc) is 3.38. The monoisotopic (exact) mass is 591 g/mol. The van der Waals surface area contributed by atoms with E-state index in [0.29, 0.717) is 5.69 Å². The molecule has 0 saturated carbocycles. The summed E-state index contributed by atoms with van der Waals surface area (Å²) in [6.07, 6.45) is -5.57. The second-order valence-corrected chi connectivity index (χ2v) is 9.09. The second-order valence-electron chi connectivity index (χ2n) is 9.09. The molecule has 0 radical (unpaired) electrons. The van der Waals surface area contributed by atoms with Gasteiger partial charge in [0.15, 0.2) is 24.5 Å². The van der Waals surface area contributed by atoms with Crippen LogP contribution in [0.5, 0.6) is 0 Å². The minimum atomic E-state index is -1.45. The zero-order valence-corrected chi connectivity index (χ0v) is 23.1. The van der Waals surface area contributed by atoms with Crippen molar-refractivity contribution in [3.63, 3.8) is 0 Å². The Labute approximate surface area is 238 Å². The van der Waals surface area contributed by atoms with E-state index in [0.717, 1.165) is 27.7 Å². The summed E-state index contributed by atoms with van der Waals surface area (Å²) >= 11 is 0. The van der Waals surface area contributed by atoms with Crippen LogP contribution in [0.2, 0.25) is 0 Å². The average molecular weight is 592 g/mol. The Kier molecular flexibility index (Phi) is 10.6. The van der Waals surface area contributed by atoms with Crippen LogP contribution in [0.15, 0.2) is 30.5 Å². The van der Waals surface area contributed by atoms with Crippen molar-refractivity contribution in [3.05, 3.63) is 46.3 Å². The largest absolute Gasteiger partial charge is 0.463 e. The van der Waals surface area contributed by atoms with Gasteiger partial charge in [0.25, 0.3) is 5.69 Å². The van der Waals surface area contributed by atoms with E-state index in [2.05, 4.69) is 15.6 Å². The molecule has 42 heavy (non-hydrogen) atoms. The van der Waals surface area contributed by atoms with Gasteiger partial charge in [0, 0.05) is 46.6 Å². The van der Waals surface area contributed by atoms with E-state index in [4.69, 9.17) is 23.7 Å². The number of aromatic nitrogens is 3. The van der Waals surface area contributed by atoms with Crippen LogP contribution in [-0.4, -0.2) is 87.0 Å². The van der Waals surface area contributed by atoms with Crippen molar-refractivity contribution in [1.82, 2.24) is 20.3 Å². The number of carbonyl (C=O) groups excluding carboxylic acids is 5. The number of nitro groups is 1. The van der Waals surface area contributed by atoms with Crippen LogP contribution >= 0.6 is 0 Å². The molecular weight excluding hydrogens is 562 g/mol. The number of para-hydroxylation sites is 2. The van der Waals surface area contributed by atoms with Crippen molar-refractivity contribution in [2.45, 2.75) is 71.2 Å². The topological polar surface area (TPSA) is 217 Å². The number of amides is 1. The molecular formula is C25H29N5O12. The molecule has 2 heterocycles. The summed E-state index contributed by atoms with van der Waals surface area (Å²) in [6, 6.07) is 5.92. The highest BCUT2D eigenvalue weighted by molar-refractivity contribution is 5.76. The zero-order chi connectivity index (χ0) is 31.0. The molecule has 0 unspecified atom stereocenters. The van der Waals surface area contributed by atoms with Crippen molar-refractivity contribution in [2.75, 3.05) is 6.61 Å². The molecule has 0 bridgehead atoms. The van der Waals surface area contributed by atoms with E-state index in [9.17, 15) is 34.1 Å². The molecule has 3 rings (SSSR count). The smallest absolute Gasteiger partial charge is 0.303 e. The molecule has 1 N–H and O–H groups in total. The molecule has 2 aromatic rings. The molecule has 226 valence electrons. The number of nitrogens with zero attached hydrogens (tertiary/aromatic N) is 4. The highest BCUT2D eigenvalue weighted by Crippen LogP contribution is 2.28. The molecule has 0 spiro atoms. The summed E-state index contributed by atoms with van der Waals surface area (Å²) in [5, 5.41) is 21.7.